The minimum Gasteiger partial charge on any atom is -0.478 e. The summed E-state index contributed by atoms with van der Waals surface area (Å²) in [5, 5.41) is 8.85. The van der Waals surface area contributed by atoms with Crippen LogP contribution in [-0.2, 0) is 6.18 Å². The van der Waals surface area contributed by atoms with E-state index in [0.717, 1.165) is 25.0 Å². The molecule has 0 aliphatic rings. The minimum atomic E-state index is -4.67. The summed E-state index contributed by atoms with van der Waals surface area (Å²) in [5.41, 5.74) is -1.40. The van der Waals surface area contributed by atoms with Gasteiger partial charge in [-0.3, -0.25) is 0 Å². The van der Waals surface area contributed by atoms with Crippen LogP contribution in [0.3, 0.4) is 0 Å². The molecule has 0 radical (unpaired) electrons. The molecule has 0 fully saturated rings. The van der Waals surface area contributed by atoms with Crippen molar-refractivity contribution >= 4 is 11.7 Å². The zero-order chi connectivity index (χ0) is 15.3. The van der Waals surface area contributed by atoms with Crippen molar-refractivity contribution in [3.05, 3.63) is 29.3 Å². The van der Waals surface area contributed by atoms with Crippen molar-refractivity contribution in [2.75, 3.05) is 18.0 Å². The Morgan fingerprint density at radius 2 is 1.75 bits per heavy atom. The summed E-state index contributed by atoms with van der Waals surface area (Å²) >= 11 is 0. The fraction of sp³-hybridized carbons (Fsp3) is 0.500. The number of nitrogens with zero attached hydrogens (tertiary/aromatic N) is 1. The van der Waals surface area contributed by atoms with Gasteiger partial charge in [0.05, 0.1) is 11.1 Å². The van der Waals surface area contributed by atoms with Gasteiger partial charge in [0, 0.05) is 18.8 Å². The summed E-state index contributed by atoms with van der Waals surface area (Å²) in [6.45, 7) is 5.16. The lowest BCUT2D eigenvalue weighted by molar-refractivity contribution is -0.138. The van der Waals surface area contributed by atoms with Gasteiger partial charge in [0.25, 0.3) is 0 Å². The van der Waals surface area contributed by atoms with Gasteiger partial charge >= 0.3 is 12.1 Å². The van der Waals surface area contributed by atoms with E-state index in [1.54, 1.807) is 0 Å². The lowest BCUT2D eigenvalue weighted by Crippen LogP contribution is -2.25. The predicted octanol–water partition coefficient (Wildman–Crippen LogP) is 4.03. The number of anilines is 1. The Bertz CT molecular complexity index is 466. The first-order valence-corrected chi connectivity index (χ1v) is 6.50. The van der Waals surface area contributed by atoms with Gasteiger partial charge in [-0.2, -0.15) is 13.2 Å². The lowest BCUT2D eigenvalue weighted by atomic mass is 10.1. The molecule has 0 saturated carbocycles. The highest BCUT2D eigenvalue weighted by molar-refractivity contribution is 5.90. The molecule has 0 atom stereocenters. The van der Waals surface area contributed by atoms with Crippen LogP contribution >= 0.6 is 0 Å². The van der Waals surface area contributed by atoms with Crippen molar-refractivity contribution in [3.8, 4) is 0 Å². The van der Waals surface area contributed by atoms with Crippen molar-refractivity contribution in [3.63, 3.8) is 0 Å². The molecule has 1 N–H and O–H groups in total. The largest absolute Gasteiger partial charge is 0.478 e. The number of rotatable bonds is 6. The maximum atomic E-state index is 12.9. The third-order valence-corrected chi connectivity index (χ3v) is 2.89. The van der Waals surface area contributed by atoms with Crippen LogP contribution < -0.4 is 4.90 Å². The molecule has 1 aromatic rings. The Labute approximate surface area is 116 Å². The van der Waals surface area contributed by atoms with Gasteiger partial charge < -0.3 is 10.0 Å². The smallest absolute Gasteiger partial charge is 0.417 e. The third kappa shape index (κ3) is 3.88. The number of carboxylic acids is 1. The summed E-state index contributed by atoms with van der Waals surface area (Å²) in [6.07, 6.45) is -3.06. The topological polar surface area (TPSA) is 40.5 Å². The van der Waals surface area contributed by atoms with Gasteiger partial charge in [-0.25, -0.2) is 4.79 Å². The lowest BCUT2D eigenvalue weighted by Gasteiger charge is -2.25. The summed E-state index contributed by atoms with van der Waals surface area (Å²) < 4.78 is 38.8. The van der Waals surface area contributed by atoms with Crippen molar-refractivity contribution in [2.45, 2.75) is 32.9 Å². The Balaban J connectivity index is 3.27. The first-order chi connectivity index (χ1) is 9.31. The van der Waals surface area contributed by atoms with E-state index in [4.69, 9.17) is 5.11 Å². The van der Waals surface area contributed by atoms with Crippen LogP contribution in [-0.4, -0.2) is 24.2 Å². The maximum absolute atomic E-state index is 12.9. The summed E-state index contributed by atoms with van der Waals surface area (Å²) in [5.74, 6) is -1.57. The molecule has 0 amide bonds. The molecule has 1 rings (SSSR count). The standard InChI is InChI=1S/C14H18F3NO2/c1-3-7-18(8-4-2)10-5-6-11(13(19)20)12(9-10)14(15,16)17/h5-6,9H,3-4,7-8H2,1-2H3,(H,19,20). The number of hydrogen-bond donors (Lipinski definition) is 1. The van der Waals surface area contributed by atoms with Crippen LogP contribution in [0.2, 0.25) is 0 Å². The zero-order valence-electron chi connectivity index (χ0n) is 11.5. The molecule has 0 aromatic heterocycles. The van der Waals surface area contributed by atoms with E-state index in [9.17, 15) is 18.0 Å². The summed E-state index contributed by atoms with van der Waals surface area (Å²) in [7, 11) is 0. The number of hydrogen-bond acceptors (Lipinski definition) is 2. The molecule has 0 aliphatic heterocycles. The maximum Gasteiger partial charge on any atom is 0.417 e. The first kappa shape index (κ1) is 16.3. The predicted molar refractivity (Wildman–Crippen MR) is 71.2 cm³/mol. The number of carbonyl (C=O) groups is 1. The molecule has 3 nitrogen and oxygen atoms in total. The van der Waals surface area contributed by atoms with E-state index in [0.29, 0.717) is 18.8 Å². The first-order valence-electron chi connectivity index (χ1n) is 6.50. The molecule has 112 valence electrons. The second-order valence-corrected chi connectivity index (χ2v) is 4.52. The van der Waals surface area contributed by atoms with Gasteiger partial charge in [0.15, 0.2) is 0 Å². The Kier molecular flexibility index (Phi) is 5.42. The van der Waals surface area contributed by atoms with E-state index in [1.165, 1.54) is 6.07 Å². The van der Waals surface area contributed by atoms with Crippen LogP contribution in [0.25, 0.3) is 0 Å². The van der Waals surface area contributed by atoms with Gasteiger partial charge in [-0.15, -0.1) is 0 Å². The van der Waals surface area contributed by atoms with Gasteiger partial charge in [-0.1, -0.05) is 13.8 Å². The molecule has 0 spiro atoms. The second kappa shape index (κ2) is 6.63. The fourth-order valence-corrected chi connectivity index (χ4v) is 2.06. The molecule has 0 bridgehead atoms. The monoisotopic (exact) mass is 289 g/mol. The number of alkyl halides is 3. The van der Waals surface area contributed by atoms with E-state index in [-0.39, 0.29) is 0 Å². The van der Waals surface area contributed by atoms with Gasteiger partial charge in [0.1, 0.15) is 0 Å². The van der Waals surface area contributed by atoms with E-state index < -0.39 is 23.3 Å². The molecule has 0 aliphatic carbocycles. The Morgan fingerprint density at radius 3 is 2.15 bits per heavy atom. The van der Waals surface area contributed by atoms with Gasteiger partial charge in [-0.05, 0) is 31.0 Å². The van der Waals surface area contributed by atoms with Crippen molar-refractivity contribution in [1.82, 2.24) is 0 Å². The molecule has 0 heterocycles. The molecule has 6 heteroatoms. The SMILES string of the molecule is CCCN(CCC)c1ccc(C(=O)O)c(C(F)(F)F)c1. The molecular weight excluding hydrogens is 271 g/mol. The van der Waals surface area contributed by atoms with Crippen LogP contribution in [0.15, 0.2) is 18.2 Å². The van der Waals surface area contributed by atoms with Crippen molar-refractivity contribution < 1.29 is 23.1 Å². The number of benzene rings is 1. The average Bonchev–Trinajstić information content (AvgIpc) is 2.36. The average molecular weight is 289 g/mol. The normalized spacial score (nSPS) is 11.4. The highest BCUT2D eigenvalue weighted by Gasteiger charge is 2.35. The number of carboxylic acid groups (broad SMARTS) is 1. The van der Waals surface area contributed by atoms with Crippen LogP contribution in [0.5, 0.6) is 0 Å². The molecule has 1 aromatic carbocycles. The van der Waals surface area contributed by atoms with Crippen LogP contribution in [0.1, 0.15) is 42.6 Å². The van der Waals surface area contributed by atoms with Crippen molar-refractivity contribution in [2.24, 2.45) is 0 Å². The molecule has 0 saturated heterocycles. The minimum absolute atomic E-state index is 0.408. The van der Waals surface area contributed by atoms with E-state index in [2.05, 4.69) is 0 Å². The molecular formula is C14H18F3NO2. The van der Waals surface area contributed by atoms with Crippen molar-refractivity contribution in [1.29, 1.82) is 0 Å². The molecule has 20 heavy (non-hydrogen) atoms. The van der Waals surface area contributed by atoms with E-state index >= 15 is 0 Å². The molecule has 0 unspecified atom stereocenters. The summed E-state index contributed by atoms with van der Waals surface area (Å²) in [4.78, 5) is 12.7. The quantitative estimate of drug-likeness (QED) is 0.859. The van der Waals surface area contributed by atoms with Crippen LogP contribution in [0, 0.1) is 0 Å². The highest BCUT2D eigenvalue weighted by atomic mass is 19.4. The fourth-order valence-electron chi connectivity index (χ4n) is 2.06. The third-order valence-electron chi connectivity index (χ3n) is 2.89. The number of halogens is 3. The Morgan fingerprint density at radius 1 is 1.20 bits per heavy atom. The number of aromatic carboxylic acids is 1. The zero-order valence-corrected chi connectivity index (χ0v) is 11.5. The van der Waals surface area contributed by atoms with Gasteiger partial charge in [0.2, 0.25) is 0 Å². The highest BCUT2D eigenvalue weighted by Crippen LogP contribution is 2.34. The summed E-state index contributed by atoms with van der Waals surface area (Å²) in [6, 6.07) is 3.39. The Hall–Kier alpha value is -1.72. The van der Waals surface area contributed by atoms with E-state index in [1.807, 2.05) is 18.7 Å². The second-order valence-electron chi connectivity index (χ2n) is 4.52. The van der Waals surface area contributed by atoms with Crippen LogP contribution in [0.4, 0.5) is 18.9 Å².